The number of quaternary nitrogens is 2. The van der Waals surface area contributed by atoms with Crippen molar-refractivity contribution in [3.8, 4) is 0 Å². The highest BCUT2D eigenvalue weighted by Gasteiger charge is 2.47. The molecule has 0 aromatic heterocycles. The van der Waals surface area contributed by atoms with E-state index in [0.717, 1.165) is 30.5 Å². The second-order valence-electron chi connectivity index (χ2n) is 6.47. The number of amides is 1. The number of carbonyl (C=O) groups is 1. The third kappa shape index (κ3) is 3.83. The van der Waals surface area contributed by atoms with Gasteiger partial charge in [0.1, 0.15) is 39.3 Å². The summed E-state index contributed by atoms with van der Waals surface area (Å²) in [5.74, 6) is 0.269. The fourth-order valence-electron chi connectivity index (χ4n) is 3.14. The van der Waals surface area contributed by atoms with Crippen LogP contribution in [0.25, 0.3) is 0 Å². The number of nitrogens with zero attached hydrogens (tertiary/aromatic N) is 3. The highest BCUT2D eigenvalue weighted by molar-refractivity contribution is 5.77. The van der Waals surface area contributed by atoms with Crippen molar-refractivity contribution >= 4 is 11.9 Å². The van der Waals surface area contributed by atoms with Gasteiger partial charge in [-0.3, -0.25) is 9.79 Å². The fourth-order valence-corrected chi connectivity index (χ4v) is 3.14. The summed E-state index contributed by atoms with van der Waals surface area (Å²) in [5, 5.41) is 2.98. The molecule has 0 aromatic carbocycles. The number of nitrogens with one attached hydrogen (secondary N) is 1. The summed E-state index contributed by atoms with van der Waals surface area (Å²) < 4.78 is 2.17. The molecule has 20 heavy (non-hydrogen) atoms. The molecule has 7 nitrogen and oxygen atoms in total. The molecule has 7 heteroatoms. The lowest BCUT2D eigenvalue weighted by molar-refractivity contribution is -1.07. The minimum Gasteiger partial charge on any atom is -0.370 e. The van der Waals surface area contributed by atoms with Gasteiger partial charge in [0.25, 0.3) is 5.91 Å². The minimum atomic E-state index is 0.109. The Morgan fingerprint density at radius 3 is 2.30 bits per heavy atom. The maximum absolute atomic E-state index is 12.1. The van der Waals surface area contributed by atoms with E-state index in [9.17, 15) is 4.79 Å². The smallest absolute Gasteiger partial charge is 0.275 e. The average molecular weight is 284 g/mol. The zero-order chi connectivity index (χ0) is 14.6. The molecule has 0 saturated carbocycles. The molecule has 1 amide bonds. The van der Waals surface area contributed by atoms with Crippen LogP contribution in [0.2, 0.25) is 0 Å². The first-order valence-corrected chi connectivity index (χ1v) is 7.44. The SMILES string of the molecule is C[N+]12CC[N+](CC(=O)NCCCN=C(N)N)(CC1)CC2. The Morgan fingerprint density at radius 1 is 1.15 bits per heavy atom. The first kappa shape index (κ1) is 15.1. The number of fused-ring (bicyclic) bond motifs is 3. The minimum absolute atomic E-state index is 0.109. The van der Waals surface area contributed by atoms with E-state index in [4.69, 9.17) is 11.5 Å². The number of nitrogens with two attached hydrogens (primary N) is 2. The Morgan fingerprint density at radius 2 is 1.75 bits per heavy atom. The van der Waals surface area contributed by atoms with Crippen molar-refractivity contribution in [2.75, 3.05) is 66.0 Å². The van der Waals surface area contributed by atoms with Gasteiger partial charge >= 0.3 is 0 Å². The molecule has 5 N–H and O–H groups in total. The Labute approximate surface area is 120 Å². The fraction of sp³-hybridized carbons (Fsp3) is 0.846. The summed E-state index contributed by atoms with van der Waals surface area (Å²) in [6.07, 6.45) is 0.776. The molecule has 3 fully saturated rings. The summed E-state index contributed by atoms with van der Waals surface area (Å²) in [6, 6.07) is 0. The number of carbonyl (C=O) groups excluding carboxylic acids is 1. The first-order valence-electron chi connectivity index (χ1n) is 7.44. The molecule has 0 aromatic rings. The van der Waals surface area contributed by atoms with Crippen LogP contribution in [0.4, 0.5) is 0 Å². The lowest BCUT2D eigenvalue weighted by Gasteiger charge is -2.53. The zero-order valence-electron chi connectivity index (χ0n) is 12.5. The van der Waals surface area contributed by atoms with Gasteiger partial charge < -0.3 is 25.8 Å². The van der Waals surface area contributed by atoms with E-state index >= 15 is 0 Å². The van der Waals surface area contributed by atoms with E-state index in [2.05, 4.69) is 17.4 Å². The van der Waals surface area contributed by atoms with Crippen molar-refractivity contribution in [2.24, 2.45) is 16.5 Å². The maximum atomic E-state index is 12.1. The molecular formula is C13H28N6O+2. The lowest BCUT2D eigenvalue weighted by Crippen LogP contribution is -2.74. The number of rotatable bonds is 6. The van der Waals surface area contributed by atoms with Crippen molar-refractivity contribution in [1.29, 1.82) is 0 Å². The van der Waals surface area contributed by atoms with Crippen LogP contribution in [0.1, 0.15) is 6.42 Å². The number of piperazine rings is 3. The molecular weight excluding hydrogens is 256 g/mol. The second kappa shape index (κ2) is 5.97. The third-order valence-corrected chi connectivity index (χ3v) is 4.77. The van der Waals surface area contributed by atoms with E-state index in [1.165, 1.54) is 24.1 Å². The normalized spacial score (nSPS) is 31.9. The van der Waals surface area contributed by atoms with Crippen molar-refractivity contribution in [3.63, 3.8) is 0 Å². The summed E-state index contributed by atoms with van der Waals surface area (Å²) in [7, 11) is 2.33. The molecule has 3 heterocycles. The molecule has 3 aliphatic rings. The summed E-state index contributed by atoms with van der Waals surface area (Å²) in [5.41, 5.74) is 10.5. The van der Waals surface area contributed by atoms with Crippen LogP contribution < -0.4 is 16.8 Å². The van der Waals surface area contributed by atoms with Gasteiger partial charge in [-0.1, -0.05) is 0 Å². The standard InChI is InChI=1S/C13H27N6O/c1-18-5-8-19(9-6-18,10-7-18)11-12(20)16-3-2-4-17-13(14)15/h2-11H2,1H3,(H4-,14,15,16,17,20)/q+1/p+1. The molecule has 3 aliphatic heterocycles. The van der Waals surface area contributed by atoms with Crippen LogP contribution in [0, 0.1) is 0 Å². The third-order valence-electron chi connectivity index (χ3n) is 4.77. The van der Waals surface area contributed by atoms with Gasteiger partial charge in [0, 0.05) is 13.1 Å². The number of guanidine groups is 1. The highest BCUT2D eigenvalue weighted by Crippen LogP contribution is 2.24. The topological polar surface area (TPSA) is 93.5 Å². The molecule has 3 saturated heterocycles. The molecule has 0 unspecified atom stereocenters. The number of aliphatic imine (C=N–C) groups is 1. The van der Waals surface area contributed by atoms with Crippen LogP contribution in [-0.2, 0) is 4.79 Å². The van der Waals surface area contributed by atoms with Gasteiger partial charge in [-0.2, -0.15) is 0 Å². The van der Waals surface area contributed by atoms with E-state index in [-0.39, 0.29) is 11.9 Å². The van der Waals surface area contributed by atoms with Crippen molar-refractivity contribution in [3.05, 3.63) is 0 Å². The van der Waals surface area contributed by atoms with E-state index in [1.54, 1.807) is 0 Å². The number of hydrogen-bond acceptors (Lipinski definition) is 2. The van der Waals surface area contributed by atoms with Crippen LogP contribution in [0.5, 0.6) is 0 Å². The van der Waals surface area contributed by atoms with Crippen LogP contribution >= 0.6 is 0 Å². The molecule has 0 atom stereocenters. The van der Waals surface area contributed by atoms with Crippen molar-refractivity contribution in [1.82, 2.24) is 5.32 Å². The molecule has 2 bridgehead atoms. The second-order valence-corrected chi connectivity index (χ2v) is 6.47. The van der Waals surface area contributed by atoms with Gasteiger partial charge in [0.05, 0.1) is 7.05 Å². The van der Waals surface area contributed by atoms with E-state index in [0.29, 0.717) is 19.6 Å². The van der Waals surface area contributed by atoms with Gasteiger partial charge in [-0.05, 0) is 6.42 Å². The first-order chi connectivity index (χ1) is 9.43. The van der Waals surface area contributed by atoms with Gasteiger partial charge in [0.2, 0.25) is 0 Å². The highest BCUT2D eigenvalue weighted by atomic mass is 16.2. The molecule has 0 spiro atoms. The maximum Gasteiger partial charge on any atom is 0.275 e. The Hall–Kier alpha value is -1.34. The summed E-state index contributed by atoms with van der Waals surface area (Å²) in [6.45, 7) is 8.87. The average Bonchev–Trinajstić information content (AvgIpc) is 2.40. The Bertz CT molecular complexity index is 366. The van der Waals surface area contributed by atoms with Crippen LogP contribution in [-0.4, -0.2) is 86.8 Å². The van der Waals surface area contributed by atoms with Gasteiger partial charge in [-0.15, -0.1) is 0 Å². The number of hydrogen-bond donors (Lipinski definition) is 3. The quantitative estimate of drug-likeness (QED) is 0.229. The summed E-state index contributed by atoms with van der Waals surface area (Å²) >= 11 is 0. The van der Waals surface area contributed by atoms with Crippen molar-refractivity contribution in [2.45, 2.75) is 6.42 Å². The molecule has 0 radical (unpaired) electrons. The predicted octanol–water partition coefficient (Wildman–Crippen LogP) is -1.94. The van der Waals surface area contributed by atoms with E-state index in [1.807, 2.05) is 0 Å². The molecule has 3 rings (SSSR count). The van der Waals surface area contributed by atoms with Crippen molar-refractivity contribution < 1.29 is 13.8 Å². The lowest BCUT2D eigenvalue weighted by atomic mass is 10.1. The largest absolute Gasteiger partial charge is 0.370 e. The predicted molar refractivity (Wildman–Crippen MR) is 78.8 cm³/mol. The summed E-state index contributed by atoms with van der Waals surface area (Å²) in [4.78, 5) is 15.9. The van der Waals surface area contributed by atoms with E-state index < -0.39 is 0 Å². The Kier molecular flexibility index (Phi) is 4.49. The van der Waals surface area contributed by atoms with Gasteiger partial charge in [0.15, 0.2) is 12.5 Å². The van der Waals surface area contributed by atoms with Gasteiger partial charge in [-0.25, -0.2) is 0 Å². The van der Waals surface area contributed by atoms with Crippen LogP contribution in [0.15, 0.2) is 4.99 Å². The molecule has 114 valence electrons. The monoisotopic (exact) mass is 284 g/mol. The zero-order valence-corrected chi connectivity index (χ0v) is 12.5. The Balaban J connectivity index is 1.68. The van der Waals surface area contributed by atoms with Crippen LogP contribution in [0.3, 0.4) is 0 Å². The number of likely N-dealkylation sites (N-methyl/N-ethyl adjacent to an activating group) is 1. The molecule has 0 aliphatic carbocycles.